The number of fused-ring (bicyclic) bond motifs is 3. The third kappa shape index (κ3) is 5.65. The van der Waals surface area contributed by atoms with Crippen molar-refractivity contribution in [1.82, 2.24) is 0 Å². The minimum absolute atomic E-state index is 0.0386. The Balaban J connectivity index is 1.38. The van der Waals surface area contributed by atoms with Gasteiger partial charge in [0.25, 0.3) is 0 Å². The Labute approximate surface area is 282 Å². The first-order valence-corrected chi connectivity index (χ1v) is 17.0. The molecule has 0 bridgehead atoms. The van der Waals surface area contributed by atoms with E-state index in [2.05, 4.69) is 189 Å². The van der Waals surface area contributed by atoms with Gasteiger partial charge in [-0.15, -0.1) is 0 Å². The Morgan fingerprint density at radius 2 is 0.809 bits per heavy atom. The summed E-state index contributed by atoms with van der Waals surface area (Å²) in [5.74, 6) is 0. The number of rotatable bonds is 4. The van der Waals surface area contributed by atoms with Crippen molar-refractivity contribution in [2.75, 3.05) is 0 Å². The normalized spacial score (nSPS) is 13.7. The molecule has 47 heavy (non-hydrogen) atoms. The third-order valence-electron chi connectivity index (χ3n) is 10.2. The fourth-order valence-electron chi connectivity index (χ4n) is 7.21. The quantitative estimate of drug-likeness (QED) is 0.186. The first kappa shape index (κ1) is 30.9. The summed E-state index contributed by atoms with van der Waals surface area (Å²) >= 11 is 0. The fourth-order valence-corrected chi connectivity index (χ4v) is 7.21. The SMILES string of the molecule is CC(C)(C)c1ccc2c(c1)C(C)(C)c1cc(C(C)(C)C)cc(-c3ccc(-c4cc(-c5ccccc5)cc(-c5ccccc5)c4)cc3)c1-2. The van der Waals surface area contributed by atoms with Crippen molar-refractivity contribution >= 4 is 0 Å². The summed E-state index contributed by atoms with van der Waals surface area (Å²) in [6.07, 6.45) is 0. The van der Waals surface area contributed by atoms with Crippen LogP contribution in [0.1, 0.15) is 77.6 Å². The van der Waals surface area contributed by atoms with E-state index in [9.17, 15) is 0 Å². The van der Waals surface area contributed by atoms with E-state index in [4.69, 9.17) is 0 Å². The average molecular weight is 611 g/mol. The molecule has 6 aromatic rings. The van der Waals surface area contributed by atoms with Gasteiger partial charge < -0.3 is 0 Å². The smallest absolute Gasteiger partial charge is 0.0159 e. The molecule has 0 amide bonds. The van der Waals surface area contributed by atoms with Gasteiger partial charge in [-0.25, -0.2) is 0 Å². The predicted molar refractivity (Wildman–Crippen MR) is 203 cm³/mol. The Kier molecular flexibility index (Phi) is 7.40. The van der Waals surface area contributed by atoms with E-state index in [1.54, 1.807) is 0 Å². The van der Waals surface area contributed by atoms with Gasteiger partial charge >= 0.3 is 0 Å². The molecule has 0 aromatic heterocycles. The number of benzene rings is 6. The van der Waals surface area contributed by atoms with Gasteiger partial charge in [-0.1, -0.05) is 165 Å². The van der Waals surface area contributed by atoms with Crippen LogP contribution in [0.4, 0.5) is 0 Å². The summed E-state index contributed by atoms with van der Waals surface area (Å²) < 4.78 is 0. The summed E-state index contributed by atoms with van der Waals surface area (Å²) in [6, 6.07) is 49.9. The first-order chi connectivity index (χ1) is 22.3. The van der Waals surface area contributed by atoms with Gasteiger partial charge in [-0.05, 0) is 113 Å². The maximum absolute atomic E-state index is 2.49. The first-order valence-electron chi connectivity index (χ1n) is 17.0. The van der Waals surface area contributed by atoms with E-state index in [0.29, 0.717) is 0 Å². The van der Waals surface area contributed by atoms with Gasteiger partial charge in [0.05, 0.1) is 0 Å². The van der Waals surface area contributed by atoms with Gasteiger partial charge in [0, 0.05) is 5.41 Å². The van der Waals surface area contributed by atoms with Crippen molar-refractivity contribution in [3.8, 4) is 55.6 Å². The van der Waals surface area contributed by atoms with E-state index < -0.39 is 0 Å². The molecular formula is C47H46. The second-order valence-electron chi connectivity index (χ2n) is 15.9. The lowest BCUT2D eigenvalue weighted by atomic mass is 9.76. The molecule has 0 heterocycles. The average Bonchev–Trinajstić information content (AvgIpc) is 3.30. The van der Waals surface area contributed by atoms with Crippen LogP contribution in [0.3, 0.4) is 0 Å². The molecule has 1 aliphatic rings. The minimum atomic E-state index is -0.0758. The van der Waals surface area contributed by atoms with Crippen LogP contribution in [-0.2, 0) is 16.2 Å². The fraction of sp³-hybridized carbons (Fsp3) is 0.234. The van der Waals surface area contributed by atoms with Crippen LogP contribution in [0.15, 0.2) is 133 Å². The highest BCUT2D eigenvalue weighted by atomic mass is 14.4. The highest BCUT2D eigenvalue weighted by molar-refractivity contribution is 5.94. The van der Waals surface area contributed by atoms with Crippen LogP contribution in [-0.4, -0.2) is 0 Å². The molecule has 7 rings (SSSR count). The Bertz CT molecular complexity index is 2020. The maximum atomic E-state index is 2.49. The van der Waals surface area contributed by atoms with E-state index in [1.165, 1.54) is 77.9 Å². The molecule has 234 valence electrons. The van der Waals surface area contributed by atoms with Gasteiger partial charge in [0.1, 0.15) is 0 Å². The Hall–Kier alpha value is -4.68. The molecular weight excluding hydrogens is 565 g/mol. The molecule has 0 nitrogen and oxygen atoms in total. The zero-order chi connectivity index (χ0) is 33.1. The second kappa shape index (κ2) is 11.2. The van der Waals surface area contributed by atoms with Crippen LogP contribution in [0, 0.1) is 0 Å². The van der Waals surface area contributed by atoms with Crippen molar-refractivity contribution < 1.29 is 0 Å². The zero-order valence-electron chi connectivity index (χ0n) is 29.2. The molecule has 0 aliphatic heterocycles. The maximum Gasteiger partial charge on any atom is 0.0159 e. The molecule has 1 aliphatic carbocycles. The number of hydrogen-bond donors (Lipinski definition) is 0. The topological polar surface area (TPSA) is 0 Å². The van der Waals surface area contributed by atoms with E-state index >= 15 is 0 Å². The van der Waals surface area contributed by atoms with Crippen LogP contribution in [0.25, 0.3) is 55.6 Å². The monoisotopic (exact) mass is 610 g/mol. The molecule has 0 saturated heterocycles. The van der Waals surface area contributed by atoms with Gasteiger partial charge in [-0.2, -0.15) is 0 Å². The highest BCUT2D eigenvalue weighted by Crippen LogP contribution is 2.54. The number of hydrogen-bond acceptors (Lipinski definition) is 0. The molecule has 0 radical (unpaired) electrons. The summed E-state index contributed by atoms with van der Waals surface area (Å²) in [6.45, 7) is 18.8. The largest absolute Gasteiger partial charge is 0.0622 e. The van der Waals surface area contributed by atoms with Crippen LogP contribution >= 0.6 is 0 Å². The third-order valence-corrected chi connectivity index (χ3v) is 10.2. The Morgan fingerprint density at radius 3 is 1.30 bits per heavy atom. The van der Waals surface area contributed by atoms with E-state index in [-0.39, 0.29) is 16.2 Å². The lowest BCUT2D eigenvalue weighted by molar-refractivity contribution is 0.580. The van der Waals surface area contributed by atoms with Crippen LogP contribution in [0.2, 0.25) is 0 Å². The van der Waals surface area contributed by atoms with Crippen LogP contribution < -0.4 is 0 Å². The standard InChI is InChI=1S/C47H46/c1-45(2,3)38-23-24-40-42(29-38)47(7,8)43-30-39(46(4,5)6)28-41(44(40)43)34-21-19-33(20-22-34)37-26-35(31-15-11-9-12-16-31)25-36(27-37)32-17-13-10-14-18-32/h9-30H,1-8H3. The minimum Gasteiger partial charge on any atom is -0.0622 e. The van der Waals surface area contributed by atoms with E-state index in [0.717, 1.165) is 0 Å². The summed E-state index contributed by atoms with van der Waals surface area (Å²) in [5.41, 5.74) is 18.5. The molecule has 0 unspecified atom stereocenters. The molecule has 0 spiro atoms. The summed E-state index contributed by atoms with van der Waals surface area (Å²) in [7, 11) is 0. The lowest BCUT2D eigenvalue weighted by Gasteiger charge is -2.27. The molecule has 0 N–H and O–H groups in total. The highest BCUT2D eigenvalue weighted by Gasteiger charge is 2.39. The van der Waals surface area contributed by atoms with Crippen molar-refractivity contribution in [3.63, 3.8) is 0 Å². The van der Waals surface area contributed by atoms with E-state index in [1.807, 2.05) is 0 Å². The molecule has 0 fully saturated rings. The second-order valence-corrected chi connectivity index (χ2v) is 15.9. The Morgan fingerprint density at radius 1 is 0.362 bits per heavy atom. The van der Waals surface area contributed by atoms with Crippen LogP contribution in [0.5, 0.6) is 0 Å². The van der Waals surface area contributed by atoms with Crippen molar-refractivity contribution in [1.29, 1.82) is 0 Å². The van der Waals surface area contributed by atoms with Gasteiger partial charge in [0.15, 0.2) is 0 Å². The van der Waals surface area contributed by atoms with Crippen molar-refractivity contribution in [2.45, 2.75) is 71.6 Å². The molecule has 0 heteroatoms. The molecule has 0 atom stereocenters. The predicted octanol–water partition coefficient (Wildman–Crippen LogP) is 13.3. The van der Waals surface area contributed by atoms with Crippen molar-refractivity contribution in [2.24, 2.45) is 0 Å². The molecule has 6 aromatic carbocycles. The van der Waals surface area contributed by atoms with Gasteiger partial charge in [0.2, 0.25) is 0 Å². The van der Waals surface area contributed by atoms with Crippen molar-refractivity contribution in [3.05, 3.63) is 156 Å². The summed E-state index contributed by atoms with van der Waals surface area (Å²) in [5, 5.41) is 0. The lowest BCUT2D eigenvalue weighted by Crippen LogP contribution is -2.19. The summed E-state index contributed by atoms with van der Waals surface area (Å²) in [4.78, 5) is 0. The molecule has 0 saturated carbocycles. The van der Waals surface area contributed by atoms with Gasteiger partial charge in [-0.3, -0.25) is 0 Å². The zero-order valence-corrected chi connectivity index (χ0v) is 29.2.